The van der Waals surface area contributed by atoms with Gasteiger partial charge in [0.15, 0.2) is 0 Å². The van der Waals surface area contributed by atoms with Crippen molar-refractivity contribution in [2.45, 2.75) is 31.9 Å². The van der Waals surface area contributed by atoms with Gasteiger partial charge < -0.3 is 15.7 Å². The average molecular weight is 270 g/mol. The van der Waals surface area contributed by atoms with E-state index in [1.54, 1.807) is 0 Å². The van der Waals surface area contributed by atoms with Crippen LogP contribution in [-0.2, 0) is 9.59 Å². The zero-order valence-electron chi connectivity index (χ0n) is 9.85. The summed E-state index contributed by atoms with van der Waals surface area (Å²) in [7, 11) is 0. The third-order valence-corrected chi connectivity index (χ3v) is 2.00. The number of aliphatic carboxylic acids is 1. The van der Waals surface area contributed by atoms with E-state index < -0.39 is 24.6 Å². The fourth-order valence-electron chi connectivity index (χ4n) is 1.19. The van der Waals surface area contributed by atoms with Crippen LogP contribution in [0.2, 0.25) is 0 Å². The van der Waals surface area contributed by atoms with E-state index in [0.29, 0.717) is 25.8 Å². The number of halogens is 3. The monoisotopic (exact) mass is 270 g/mol. The number of nitrogens with one attached hydrogen (secondary N) is 2. The van der Waals surface area contributed by atoms with Crippen LogP contribution in [0.4, 0.5) is 13.2 Å². The summed E-state index contributed by atoms with van der Waals surface area (Å²) < 4.78 is 35.2. The van der Waals surface area contributed by atoms with Gasteiger partial charge in [-0.2, -0.15) is 13.2 Å². The summed E-state index contributed by atoms with van der Waals surface area (Å²) in [4.78, 5) is 21.2. The molecule has 0 bridgehead atoms. The molecule has 0 saturated heterocycles. The number of alkyl halides is 3. The van der Waals surface area contributed by atoms with Gasteiger partial charge in [-0.15, -0.1) is 0 Å². The first-order valence-electron chi connectivity index (χ1n) is 5.57. The van der Waals surface area contributed by atoms with E-state index in [0.717, 1.165) is 0 Å². The van der Waals surface area contributed by atoms with Crippen LogP contribution in [0.1, 0.15) is 25.7 Å². The van der Waals surface area contributed by atoms with E-state index in [1.165, 1.54) is 0 Å². The quantitative estimate of drug-likeness (QED) is 0.544. The van der Waals surface area contributed by atoms with Crippen molar-refractivity contribution in [1.29, 1.82) is 0 Å². The number of carbonyl (C=O) groups is 2. The molecule has 0 heterocycles. The summed E-state index contributed by atoms with van der Waals surface area (Å²) >= 11 is 0. The van der Waals surface area contributed by atoms with Gasteiger partial charge in [0, 0.05) is 13.0 Å². The van der Waals surface area contributed by atoms with E-state index in [2.05, 4.69) is 5.32 Å². The summed E-state index contributed by atoms with van der Waals surface area (Å²) in [6.45, 7) is -1.24. The molecule has 0 radical (unpaired) electrons. The van der Waals surface area contributed by atoms with Crippen molar-refractivity contribution in [2.24, 2.45) is 0 Å². The molecular weight excluding hydrogens is 253 g/mol. The van der Waals surface area contributed by atoms with E-state index >= 15 is 0 Å². The minimum Gasteiger partial charge on any atom is -0.481 e. The van der Waals surface area contributed by atoms with Crippen LogP contribution < -0.4 is 10.6 Å². The third-order valence-electron chi connectivity index (χ3n) is 2.00. The fraction of sp³-hybridized carbons (Fsp3) is 0.800. The van der Waals surface area contributed by atoms with E-state index in [-0.39, 0.29) is 13.0 Å². The molecule has 5 nitrogen and oxygen atoms in total. The number of hydrogen-bond acceptors (Lipinski definition) is 3. The molecule has 18 heavy (non-hydrogen) atoms. The second kappa shape index (κ2) is 8.73. The normalized spacial score (nSPS) is 11.3. The molecule has 0 atom stereocenters. The Morgan fingerprint density at radius 3 is 2.33 bits per heavy atom. The van der Waals surface area contributed by atoms with Crippen molar-refractivity contribution in [3.05, 3.63) is 0 Å². The maximum absolute atomic E-state index is 11.7. The van der Waals surface area contributed by atoms with Crippen molar-refractivity contribution in [1.82, 2.24) is 10.6 Å². The van der Waals surface area contributed by atoms with Gasteiger partial charge in [0.1, 0.15) is 0 Å². The second-order valence-electron chi connectivity index (χ2n) is 3.77. The van der Waals surface area contributed by atoms with Crippen LogP contribution in [0.15, 0.2) is 0 Å². The number of carboxylic acids is 1. The Kier molecular flexibility index (Phi) is 8.10. The Hall–Kier alpha value is -1.31. The smallest absolute Gasteiger partial charge is 0.401 e. The third kappa shape index (κ3) is 12.8. The van der Waals surface area contributed by atoms with Crippen molar-refractivity contribution in [3.63, 3.8) is 0 Å². The van der Waals surface area contributed by atoms with Gasteiger partial charge in [-0.1, -0.05) is 6.42 Å². The Morgan fingerprint density at radius 1 is 1.11 bits per heavy atom. The molecule has 0 fully saturated rings. The van der Waals surface area contributed by atoms with Crippen LogP contribution in [-0.4, -0.2) is 42.8 Å². The van der Waals surface area contributed by atoms with E-state index in [4.69, 9.17) is 5.11 Å². The van der Waals surface area contributed by atoms with Gasteiger partial charge in [-0.05, 0) is 12.8 Å². The van der Waals surface area contributed by atoms with Crippen molar-refractivity contribution < 1.29 is 27.9 Å². The summed E-state index contributed by atoms with van der Waals surface area (Å²) in [5, 5.41) is 12.8. The Morgan fingerprint density at radius 2 is 1.78 bits per heavy atom. The van der Waals surface area contributed by atoms with Gasteiger partial charge in [-0.3, -0.25) is 9.59 Å². The number of carbonyl (C=O) groups excluding carboxylic acids is 1. The molecule has 0 aliphatic carbocycles. The number of amides is 1. The largest absolute Gasteiger partial charge is 0.481 e. The number of carboxylic acid groups (broad SMARTS) is 1. The number of rotatable bonds is 9. The van der Waals surface area contributed by atoms with Gasteiger partial charge in [0.05, 0.1) is 13.1 Å². The summed E-state index contributed by atoms with van der Waals surface area (Å²) in [5.41, 5.74) is 0. The molecule has 0 aliphatic rings. The highest BCUT2D eigenvalue weighted by atomic mass is 19.4. The maximum atomic E-state index is 11.7. The average Bonchev–Trinajstić information content (AvgIpc) is 2.20. The molecule has 0 aromatic carbocycles. The Bertz CT molecular complexity index is 270. The van der Waals surface area contributed by atoms with Gasteiger partial charge in [0.25, 0.3) is 0 Å². The second-order valence-corrected chi connectivity index (χ2v) is 3.77. The van der Waals surface area contributed by atoms with E-state index in [9.17, 15) is 22.8 Å². The molecule has 0 aliphatic heterocycles. The molecule has 0 saturated carbocycles. The van der Waals surface area contributed by atoms with E-state index in [1.807, 2.05) is 5.32 Å². The predicted molar refractivity (Wildman–Crippen MR) is 58.0 cm³/mol. The lowest BCUT2D eigenvalue weighted by Crippen LogP contribution is -2.38. The highest BCUT2D eigenvalue weighted by Crippen LogP contribution is 2.11. The first-order valence-corrected chi connectivity index (χ1v) is 5.57. The summed E-state index contributed by atoms with van der Waals surface area (Å²) in [6, 6.07) is 0. The minimum atomic E-state index is -4.32. The molecule has 0 aromatic heterocycles. The standard InChI is InChI=1S/C10H17F3N2O3/c11-10(12,13)7-14-6-8(16)15-5-3-1-2-4-9(17)18/h14H,1-7H2,(H,15,16)(H,17,18). The zero-order chi connectivity index (χ0) is 14.0. The highest BCUT2D eigenvalue weighted by molar-refractivity contribution is 5.77. The minimum absolute atomic E-state index is 0.0844. The first kappa shape index (κ1) is 16.7. The molecule has 3 N–H and O–H groups in total. The fourth-order valence-corrected chi connectivity index (χ4v) is 1.19. The Balaban J connectivity index is 3.35. The lowest BCUT2D eigenvalue weighted by Gasteiger charge is -2.08. The van der Waals surface area contributed by atoms with Crippen molar-refractivity contribution >= 4 is 11.9 Å². The SMILES string of the molecule is O=C(O)CCCCCNC(=O)CNCC(F)(F)F. The molecule has 0 unspecified atom stereocenters. The molecule has 8 heteroatoms. The van der Waals surface area contributed by atoms with Crippen molar-refractivity contribution in [3.8, 4) is 0 Å². The molecule has 106 valence electrons. The Labute approximate surface area is 103 Å². The number of unbranched alkanes of at least 4 members (excludes halogenated alkanes) is 2. The van der Waals surface area contributed by atoms with Crippen LogP contribution in [0.3, 0.4) is 0 Å². The summed E-state index contributed by atoms with van der Waals surface area (Å²) in [6.07, 6.45) is -2.45. The topological polar surface area (TPSA) is 78.4 Å². The van der Waals surface area contributed by atoms with Crippen LogP contribution in [0.5, 0.6) is 0 Å². The molecule has 0 rings (SSSR count). The van der Waals surface area contributed by atoms with Crippen LogP contribution in [0, 0.1) is 0 Å². The predicted octanol–water partition coefficient (Wildman–Crippen LogP) is 0.899. The van der Waals surface area contributed by atoms with Gasteiger partial charge in [-0.25, -0.2) is 0 Å². The van der Waals surface area contributed by atoms with Crippen LogP contribution in [0.25, 0.3) is 0 Å². The molecule has 0 spiro atoms. The van der Waals surface area contributed by atoms with Crippen molar-refractivity contribution in [2.75, 3.05) is 19.6 Å². The van der Waals surface area contributed by atoms with Crippen LogP contribution >= 0.6 is 0 Å². The first-order chi connectivity index (χ1) is 8.31. The maximum Gasteiger partial charge on any atom is 0.401 e. The summed E-state index contributed by atoms with van der Waals surface area (Å²) in [5.74, 6) is -1.37. The number of hydrogen-bond donors (Lipinski definition) is 3. The highest BCUT2D eigenvalue weighted by Gasteiger charge is 2.26. The molecule has 1 amide bonds. The lowest BCUT2D eigenvalue weighted by molar-refractivity contribution is -0.137. The molecule has 0 aromatic rings. The zero-order valence-corrected chi connectivity index (χ0v) is 9.85. The van der Waals surface area contributed by atoms with Gasteiger partial charge in [0.2, 0.25) is 5.91 Å². The molecular formula is C10H17F3N2O3. The lowest BCUT2D eigenvalue weighted by atomic mass is 10.2. The van der Waals surface area contributed by atoms with Gasteiger partial charge >= 0.3 is 12.1 Å².